The summed E-state index contributed by atoms with van der Waals surface area (Å²) < 4.78 is 5.36. The normalized spacial score (nSPS) is 16.7. The third kappa shape index (κ3) is 11.1. The molecule has 0 fully saturated rings. The average molecular weight is 613 g/mol. The van der Waals surface area contributed by atoms with Crippen LogP contribution in [-0.4, -0.2) is 79.6 Å². The number of hydrogen-bond donors (Lipinski definition) is 10. The number of aromatic hydroxyl groups is 3. The summed E-state index contributed by atoms with van der Waals surface area (Å²) in [6.45, 7) is 1.71. The Morgan fingerprint density at radius 1 is 0.860 bits per heavy atom. The molecule has 0 aliphatic carbocycles. The number of unbranched alkanes of at least 4 members (excludes halogenated alkanes) is 2. The minimum atomic E-state index is -1.78. The van der Waals surface area contributed by atoms with Gasteiger partial charge in [0.15, 0.2) is 18.0 Å². The molecule has 0 spiro atoms. The van der Waals surface area contributed by atoms with Crippen molar-refractivity contribution in [1.29, 1.82) is 0 Å². The largest absolute Gasteiger partial charge is 0.872 e. The molecule has 2 aromatic carbocycles. The molecule has 3 rings (SSSR count). The first-order valence-electron chi connectivity index (χ1n) is 13.4. The smallest absolute Gasteiger partial charge is 0.320 e. The second-order valence-electron chi connectivity index (χ2n) is 9.64. The summed E-state index contributed by atoms with van der Waals surface area (Å²) in [4.78, 5) is 32.5. The van der Waals surface area contributed by atoms with Crippen molar-refractivity contribution in [3.63, 3.8) is 0 Å². The summed E-state index contributed by atoms with van der Waals surface area (Å²) in [6.07, 6.45) is 1.61. The number of ether oxygens (including phenoxy) is 1. The SMILES string of the molecule is N[C@@H](CCCC[NH3+])C(=O)O.N[C@@H](CCCC[NH3+])C(=O)O.O=C1c2c([O-])cc(O)cc2O[C@H](c2cc(O)c([O-])c(O)c2)[C@H]1O. The fourth-order valence-corrected chi connectivity index (χ4v) is 3.76. The number of nitrogens with two attached hydrogens (primary N) is 2. The zero-order chi connectivity index (χ0) is 32.9. The van der Waals surface area contributed by atoms with Crippen LogP contribution in [0.2, 0.25) is 0 Å². The minimum absolute atomic E-state index is 0.0399. The maximum atomic E-state index is 12.2. The summed E-state index contributed by atoms with van der Waals surface area (Å²) in [5.41, 5.74) is 17.3. The lowest BCUT2D eigenvalue weighted by molar-refractivity contribution is -0.368. The van der Waals surface area contributed by atoms with Crippen LogP contribution in [0.4, 0.5) is 0 Å². The van der Waals surface area contributed by atoms with Gasteiger partial charge in [0, 0.05) is 11.6 Å². The molecule has 4 atom stereocenters. The van der Waals surface area contributed by atoms with Crippen LogP contribution in [0.5, 0.6) is 34.5 Å². The van der Waals surface area contributed by atoms with E-state index in [2.05, 4.69) is 11.5 Å². The number of aliphatic hydroxyl groups is 1. The second-order valence-corrected chi connectivity index (χ2v) is 9.64. The van der Waals surface area contributed by atoms with Gasteiger partial charge in [-0.15, -0.1) is 0 Å². The van der Waals surface area contributed by atoms with Crippen LogP contribution in [0.15, 0.2) is 24.3 Å². The highest BCUT2D eigenvalue weighted by atomic mass is 16.5. The van der Waals surface area contributed by atoms with Crippen molar-refractivity contribution in [2.45, 2.75) is 62.8 Å². The predicted molar refractivity (Wildman–Crippen MR) is 145 cm³/mol. The van der Waals surface area contributed by atoms with Gasteiger partial charge in [-0.05, 0) is 62.5 Å². The maximum absolute atomic E-state index is 12.2. The monoisotopic (exact) mass is 612 g/mol. The standard InChI is InChI=1S/C15H12O8.2C6H14N2O2/c16-6-3-7(17)11-10(4-6)23-15(14(22)13(11)21)5-1-8(18)12(20)9(19)2-5;2*7-4-2-1-3-5(8)6(9)10/h1-4,14-20,22H;2*5H,1-4,7-8H2,(H,9,10)/t14-,15+;2*5-/m000/s1. The van der Waals surface area contributed by atoms with E-state index in [0.29, 0.717) is 12.8 Å². The van der Waals surface area contributed by atoms with Gasteiger partial charge in [0.1, 0.15) is 35.1 Å². The van der Waals surface area contributed by atoms with E-state index in [0.717, 1.165) is 63.0 Å². The number of carbonyl (C=O) groups excluding carboxylic acids is 1. The molecular formula is C27H40N4O12. The molecule has 16 N–H and O–H groups in total. The Bertz CT molecular complexity index is 1190. The number of Topliss-reactive ketones (excluding diaryl/α,β-unsaturated/α-hetero) is 1. The molecule has 0 aromatic heterocycles. The van der Waals surface area contributed by atoms with Crippen molar-refractivity contribution < 1.29 is 71.4 Å². The molecule has 1 aliphatic heterocycles. The summed E-state index contributed by atoms with van der Waals surface area (Å²) in [5, 5.41) is 78.1. The molecule has 0 radical (unpaired) electrons. The number of carboxylic acids is 2. The predicted octanol–water partition coefficient (Wildman–Crippen LogP) is -2.75. The van der Waals surface area contributed by atoms with Gasteiger partial charge in [0.25, 0.3) is 0 Å². The number of rotatable bonds is 11. The molecule has 1 aliphatic rings. The van der Waals surface area contributed by atoms with E-state index >= 15 is 0 Å². The molecule has 1 heterocycles. The van der Waals surface area contributed by atoms with Gasteiger partial charge in [0.05, 0.1) is 18.7 Å². The Labute approximate surface area is 246 Å². The number of carbonyl (C=O) groups is 3. The third-order valence-electron chi connectivity index (χ3n) is 6.17. The van der Waals surface area contributed by atoms with Gasteiger partial charge in [-0.1, -0.05) is 5.75 Å². The zero-order valence-electron chi connectivity index (χ0n) is 23.5. The van der Waals surface area contributed by atoms with Crippen LogP contribution in [0.3, 0.4) is 0 Å². The summed E-state index contributed by atoms with van der Waals surface area (Å²) in [7, 11) is 0. The molecule has 0 bridgehead atoms. The van der Waals surface area contributed by atoms with Gasteiger partial charge < -0.3 is 68.5 Å². The number of benzene rings is 2. The van der Waals surface area contributed by atoms with Gasteiger partial charge in [0.2, 0.25) is 0 Å². The fraction of sp³-hybridized carbons (Fsp3) is 0.444. The van der Waals surface area contributed by atoms with Gasteiger partial charge in [-0.3, -0.25) is 14.4 Å². The fourth-order valence-electron chi connectivity index (χ4n) is 3.76. The Balaban J connectivity index is 0.000000386. The molecule has 0 unspecified atom stereocenters. The maximum Gasteiger partial charge on any atom is 0.320 e. The third-order valence-corrected chi connectivity index (χ3v) is 6.17. The van der Waals surface area contributed by atoms with Crippen molar-refractivity contribution >= 4 is 17.7 Å². The molecule has 16 nitrogen and oxygen atoms in total. The lowest BCUT2D eigenvalue weighted by Gasteiger charge is -2.32. The number of phenolic OH excluding ortho intramolecular Hbond substituents is 3. The Kier molecular flexibility index (Phi) is 15.0. The van der Waals surface area contributed by atoms with E-state index in [9.17, 15) is 45.0 Å². The number of aliphatic hydroxyl groups excluding tert-OH is 1. The van der Waals surface area contributed by atoms with E-state index in [1.807, 2.05) is 0 Å². The van der Waals surface area contributed by atoms with E-state index in [1.54, 1.807) is 0 Å². The number of carboxylic acid groups (broad SMARTS) is 2. The molecule has 0 saturated heterocycles. The summed E-state index contributed by atoms with van der Waals surface area (Å²) in [6, 6.07) is 2.36. The van der Waals surface area contributed by atoms with E-state index in [-0.39, 0.29) is 11.3 Å². The highest BCUT2D eigenvalue weighted by Gasteiger charge is 2.38. The van der Waals surface area contributed by atoms with Crippen molar-refractivity contribution in [3.05, 3.63) is 35.4 Å². The molecule has 240 valence electrons. The molecule has 0 amide bonds. The molecule has 43 heavy (non-hydrogen) atoms. The number of fused-ring (bicyclic) bond motifs is 1. The first kappa shape index (κ1) is 36.7. The van der Waals surface area contributed by atoms with Crippen LogP contribution in [0.1, 0.15) is 60.6 Å². The van der Waals surface area contributed by atoms with E-state index in [1.165, 1.54) is 0 Å². The number of phenols is 3. The summed E-state index contributed by atoms with van der Waals surface area (Å²) in [5.74, 6) is -6.78. The highest BCUT2D eigenvalue weighted by Crippen LogP contribution is 2.43. The van der Waals surface area contributed by atoms with Crippen LogP contribution in [0.25, 0.3) is 0 Å². The topological polar surface area (TPSA) is 335 Å². The van der Waals surface area contributed by atoms with Crippen LogP contribution < -0.4 is 37.9 Å². The number of ketones is 1. The van der Waals surface area contributed by atoms with Crippen molar-refractivity contribution in [2.75, 3.05) is 13.1 Å². The zero-order valence-corrected chi connectivity index (χ0v) is 23.5. The molecule has 0 saturated carbocycles. The lowest BCUT2D eigenvalue weighted by Crippen LogP contribution is -2.50. The number of aliphatic carboxylic acids is 2. The first-order chi connectivity index (χ1) is 20.2. The van der Waals surface area contributed by atoms with Crippen LogP contribution >= 0.6 is 0 Å². The van der Waals surface area contributed by atoms with Crippen LogP contribution in [-0.2, 0) is 9.59 Å². The minimum Gasteiger partial charge on any atom is -0.872 e. The number of quaternary nitrogens is 2. The van der Waals surface area contributed by atoms with E-state index in [4.69, 9.17) is 26.4 Å². The lowest BCUT2D eigenvalue weighted by atomic mass is 9.92. The average Bonchev–Trinajstić information content (AvgIpc) is 2.93. The van der Waals surface area contributed by atoms with Crippen molar-refractivity contribution in [1.82, 2.24) is 0 Å². The van der Waals surface area contributed by atoms with Gasteiger partial charge in [-0.2, -0.15) is 0 Å². The van der Waals surface area contributed by atoms with Crippen LogP contribution in [0, 0.1) is 0 Å². The number of hydrogen-bond acceptors (Lipinski definition) is 12. The first-order valence-corrected chi connectivity index (χ1v) is 13.4. The van der Waals surface area contributed by atoms with Crippen molar-refractivity contribution in [3.8, 4) is 34.5 Å². The Hall–Kier alpha value is -4.35. The molecular weight excluding hydrogens is 572 g/mol. The van der Waals surface area contributed by atoms with Crippen molar-refractivity contribution in [2.24, 2.45) is 11.5 Å². The second kappa shape index (κ2) is 17.6. The Morgan fingerprint density at radius 3 is 1.74 bits per heavy atom. The van der Waals surface area contributed by atoms with Gasteiger partial charge in [-0.25, -0.2) is 0 Å². The quantitative estimate of drug-likeness (QED) is 0.115. The van der Waals surface area contributed by atoms with Gasteiger partial charge >= 0.3 is 11.9 Å². The van der Waals surface area contributed by atoms with E-state index < -0.39 is 76.3 Å². The molecule has 2 aromatic rings. The Morgan fingerprint density at radius 2 is 1.33 bits per heavy atom. The molecule has 16 heteroatoms. The summed E-state index contributed by atoms with van der Waals surface area (Å²) >= 11 is 0. The highest BCUT2D eigenvalue weighted by molar-refractivity contribution is 6.05.